The van der Waals surface area contributed by atoms with Crippen LogP contribution in [0.2, 0.25) is 0 Å². The minimum absolute atomic E-state index is 0.0369. The molecule has 0 aliphatic carbocycles. The van der Waals surface area contributed by atoms with Crippen LogP contribution in [0.5, 0.6) is 0 Å². The zero-order valence-corrected chi connectivity index (χ0v) is 15.5. The number of guanidine groups is 1. The zero-order chi connectivity index (χ0) is 18.2. The number of nitrogens with zero attached hydrogens (tertiary/aromatic N) is 3. The number of aliphatic imine (C=N–C) groups is 1. The monoisotopic (exact) mass is 352 g/mol. The number of carbonyl (C=O) groups excluding carboxylic acids is 1. The Hall–Kier alpha value is -2.65. The molecule has 25 heavy (non-hydrogen) atoms. The first-order valence-electron chi connectivity index (χ1n) is 7.99. The van der Waals surface area contributed by atoms with Crippen molar-refractivity contribution in [3.63, 3.8) is 0 Å². The van der Waals surface area contributed by atoms with E-state index in [1.165, 1.54) is 16.2 Å². The molecule has 1 aliphatic heterocycles. The lowest BCUT2D eigenvalue weighted by Gasteiger charge is -2.37. The molecule has 0 saturated carbocycles. The highest BCUT2D eigenvalue weighted by molar-refractivity contribution is 7.15. The lowest BCUT2D eigenvalue weighted by Crippen LogP contribution is -2.52. The number of carbonyl (C=O) groups is 1. The van der Waals surface area contributed by atoms with Crippen LogP contribution >= 0.6 is 11.3 Å². The molecule has 2 heterocycles. The van der Waals surface area contributed by atoms with Crippen molar-refractivity contribution in [2.45, 2.75) is 26.3 Å². The molecule has 0 saturated heterocycles. The molecule has 0 fully saturated rings. The van der Waals surface area contributed by atoms with Gasteiger partial charge in [0.1, 0.15) is 10.5 Å². The second-order valence-corrected chi connectivity index (χ2v) is 7.25. The quantitative estimate of drug-likeness (QED) is 0.845. The van der Waals surface area contributed by atoms with E-state index in [1.54, 1.807) is 13.2 Å². The molecule has 128 valence electrons. The number of benzene rings is 1. The maximum absolute atomic E-state index is 12.5. The molecule has 5 nitrogen and oxygen atoms in total. The van der Waals surface area contributed by atoms with Gasteiger partial charge in [-0.15, -0.1) is 17.3 Å². The van der Waals surface area contributed by atoms with E-state index in [0.29, 0.717) is 0 Å². The fraction of sp³-hybridized carbons (Fsp3) is 0.316. The summed E-state index contributed by atoms with van der Waals surface area (Å²) in [4.78, 5) is 23.9. The topological polar surface area (TPSA) is 71.6 Å². The molecular weight excluding hydrogens is 332 g/mol. The lowest BCUT2D eigenvalue weighted by atomic mass is 9.84. The van der Waals surface area contributed by atoms with Gasteiger partial charge in [0, 0.05) is 24.4 Å². The van der Waals surface area contributed by atoms with Gasteiger partial charge in [-0.3, -0.25) is 9.69 Å². The van der Waals surface area contributed by atoms with Crippen LogP contribution in [-0.4, -0.2) is 28.8 Å². The Morgan fingerprint density at radius 1 is 1.40 bits per heavy atom. The van der Waals surface area contributed by atoms with Gasteiger partial charge in [0.15, 0.2) is 5.96 Å². The SMILES string of the molecule is CC#Cc1cccc(-c2ncc([C@@]3(C)N=C(N)N(C)C(=O)[C@@H]3C)s2)c1. The van der Waals surface area contributed by atoms with Crippen molar-refractivity contribution in [2.24, 2.45) is 16.6 Å². The molecule has 2 aromatic rings. The van der Waals surface area contributed by atoms with E-state index < -0.39 is 5.54 Å². The molecule has 0 radical (unpaired) electrons. The van der Waals surface area contributed by atoms with E-state index in [2.05, 4.69) is 21.8 Å². The normalized spacial score (nSPS) is 23.0. The van der Waals surface area contributed by atoms with Gasteiger partial charge in [0.05, 0.1) is 10.8 Å². The van der Waals surface area contributed by atoms with Gasteiger partial charge in [-0.2, -0.15) is 0 Å². The van der Waals surface area contributed by atoms with E-state index in [9.17, 15) is 4.79 Å². The standard InChI is InChI=1S/C19H20N4OS/c1-5-7-13-8-6-9-14(10-13)16-21-11-15(25-16)19(3)12(2)17(24)23(4)18(20)22-19/h6,8-12H,1-4H3,(H2,20,22)/t12-,19-/m0/s1. The molecule has 2 atom stereocenters. The molecule has 0 bridgehead atoms. The number of rotatable bonds is 2. The second-order valence-electron chi connectivity index (χ2n) is 6.22. The first-order chi connectivity index (χ1) is 11.9. The summed E-state index contributed by atoms with van der Waals surface area (Å²) in [5.74, 6) is 5.85. The summed E-state index contributed by atoms with van der Waals surface area (Å²) in [6.07, 6.45) is 1.80. The molecule has 0 unspecified atom stereocenters. The Labute approximate surface area is 151 Å². The van der Waals surface area contributed by atoms with E-state index in [1.807, 2.05) is 45.0 Å². The number of hydrogen-bond acceptors (Lipinski definition) is 5. The van der Waals surface area contributed by atoms with Crippen LogP contribution in [0.3, 0.4) is 0 Å². The lowest BCUT2D eigenvalue weighted by molar-refractivity contribution is -0.133. The van der Waals surface area contributed by atoms with Crippen molar-refractivity contribution >= 4 is 23.2 Å². The van der Waals surface area contributed by atoms with Crippen LogP contribution in [0.15, 0.2) is 35.5 Å². The summed E-state index contributed by atoms with van der Waals surface area (Å²) in [7, 11) is 1.65. The molecule has 1 amide bonds. The van der Waals surface area contributed by atoms with Crippen molar-refractivity contribution < 1.29 is 4.79 Å². The van der Waals surface area contributed by atoms with E-state index >= 15 is 0 Å². The molecule has 2 N–H and O–H groups in total. The number of aromatic nitrogens is 1. The van der Waals surface area contributed by atoms with Crippen LogP contribution in [0.1, 0.15) is 31.2 Å². The van der Waals surface area contributed by atoms with E-state index in [0.717, 1.165) is 21.0 Å². The number of amides is 1. The van der Waals surface area contributed by atoms with Crippen LogP contribution in [-0.2, 0) is 10.3 Å². The largest absolute Gasteiger partial charge is 0.369 e. The maximum atomic E-state index is 12.5. The first-order valence-corrected chi connectivity index (χ1v) is 8.81. The Bertz CT molecular complexity index is 921. The van der Waals surface area contributed by atoms with Crippen LogP contribution in [0, 0.1) is 17.8 Å². The summed E-state index contributed by atoms with van der Waals surface area (Å²) in [6.45, 7) is 5.63. The van der Waals surface area contributed by atoms with Crippen LogP contribution in [0.25, 0.3) is 10.6 Å². The van der Waals surface area contributed by atoms with Crippen molar-refractivity contribution in [1.29, 1.82) is 0 Å². The molecular formula is C19H20N4OS. The van der Waals surface area contributed by atoms with Gasteiger partial charge in [0.2, 0.25) is 5.91 Å². The fourth-order valence-corrected chi connectivity index (χ4v) is 3.93. The summed E-state index contributed by atoms with van der Waals surface area (Å²) in [5.41, 5.74) is 7.19. The highest BCUT2D eigenvalue weighted by Crippen LogP contribution is 2.41. The van der Waals surface area contributed by atoms with Crippen LogP contribution in [0.4, 0.5) is 0 Å². The average molecular weight is 352 g/mol. The summed E-state index contributed by atoms with van der Waals surface area (Å²) >= 11 is 1.53. The molecule has 0 spiro atoms. The van der Waals surface area contributed by atoms with Crippen molar-refractivity contribution in [1.82, 2.24) is 9.88 Å². The van der Waals surface area contributed by atoms with Crippen molar-refractivity contribution in [3.8, 4) is 22.4 Å². The third kappa shape index (κ3) is 2.92. The van der Waals surface area contributed by atoms with Gasteiger partial charge in [-0.25, -0.2) is 9.98 Å². The van der Waals surface area contributed by atoms with Gasteiger partial charge >= 0.3 is 0 Å². The van der Waals surface area contributed by atoms with Gasteiger partial charge < -0.3 is 5.73 Å². The third-order valence-electron chi connectivity index (χ3n) is 4.62. The van der Waals surface area contributed by atoms with E-state index in [4.69, 9.17) is 5.73 Å². The van der Waals surface area contributed by atoms with E-state index in [-0.39, 0.29) is 17.8 Å². The number of thiazole rings is 1. The Kier molecular flexibility index (Phi) is 4.36. The van der Waals surface area contributed by atoms with Crippen LogP contribution < -0.4 is 5.73 Å². The fourth-order valence-electron chi connectivity index (χ4n) is 2.84. The predicted octanol–water partition coefficient (Wildman–Crippen LogP) is 2.82. The molecule has 1 aromatic heterocycles. The Balaban J connectivity index is 2.02. The smallest absolute Gasteiger partial charge is 0.234 e. The van der Waals surface area contributed by atoms with Gasteiger partial charge in [0.25, 0.3) is 0 Å². The third-order valence-corrected chi connectivity index (χ3v) is 5.89. The van der Waals surface area contributed by atoms with Crippen molar-refractivity contribution in [2.75, 3.05) is 7.05 Å². The number of hydrogen-bond donors (Lipinski definition) is 1. The number of nitrogens with two attached hydrogens (primary N) is 1. The van der Waals surface area contributed by atoms with Gasteiger partial charge in [-0.05, 0) is 26.0 Å². The first kappa shape index (κ1) is 17.2. The summed E-state index contributed by atoms with van der Waals surface area (Å²) < 4.78 is 0. The summed E-state index contributed by atoms with van der Waals surface area (Å²) in [5, 5.41) is 0.878. The molecule has 1 aliphatic rings. The predicted molar refractivity (Wildman–Crippen MR) is 101 cm³/mol. The second kappa shape index (κ2) is 6.34. The maximum Gasteiger partial charge on any atom is 0.234 e. The zero-order valence-electron chi connectivity index (χ0n) is 14.7. The molecule has 1 aromatic carbocycles. The summed E-state index contributed by atoms with van der Waals surface area (Å²) in [6, 6.07) is 7.96. The molecule has 6 heteroatoms. The minimum Gasteiger partial charge on any atom is -0.369 e. The Morgan fingerprint density at radius 2 is 2.16 bits per heavy atom. The highest BCUT2D eigenvalue weighted by atomic mass is 32.1. The highest BCUT2D eigenvalue weighted by Gasteiger charge is 2.44. The minimum atomic E-state index is -0.704. The average Bonchev–Trinajstić information content (AvgIpc) is 3.10. The van der Waals surface area contributed by atoms with Gasteiger partial charge in [-0.1, -0.05) is 25.0 Å². The van der Waals surface area contributed by atoms with Crippen molar-refractivity contribution in [3.05, 3.63) is 40.9 Å². The molecule has 3 rings (SSSR count). The Morgan fingerprint density at radius 3 is 2.88 bits per heavy atom.